The average Bonchev–Trinajstić information content (AvgIpc) is 2.93. The van der Waals surface area contributed by atoms with Crippen molar-refractivity contribution in [3.63, 3.8) is 0 Å². The van der Waals surface area contributed by atoms with Crippen LogP contribution < -0.4 is 14.8 Å². The number of hydrogen-bond acceptors (Lipinski definition) is 5. The number of nitrogens with zero attached hydrogens (tertiary/aromatic N) is 1. The summed E-state index contributed by atoms with van der Waals surface area (Å²) >= 11 is 0. The zero-order valence-corrected chi connectivity index (χ0v) is 13.9. The van der Waals surface area contributed by atoms with Gasteiger partial charge in [0.2, 0.25) is 6.79 Å². The smallest absolute Gasteiger partial charge is 0.410 e. The van der Waals surface area contributed by atoms with Gasteiger partial charge in [0.05, 0.1) is 0 Å². The SMILES string of the molecule is CC(C)(C)OC(=O)N1CCCC(Nc2ccc3c(c2)OCO3)C1. The molecule has 1 N–H and O–H groups in total. The fraction of sp³-hybridized carbons (Fsp3) is 0.588. The van der Waals surface area contributed by atoms with Gasteiger partial charge in [0.15, 0.2) is 11.5 Å². The first-order valence-corrected chi connectivity index (χ1v) is 8.05. The number of rotatable bonds is 2. The fourth-order valence-electron chi connectivity index (χ4n) is 2.81. The second-order valence-corrected chi connectivity index (χ2v) is 6.98. The lowest BCUT2D eigenvalue weighted by Crippen LogP contribution is -2.46. The zero-order valence-electron chi connectivity index (χ0n) is 13.9. The first-order chi connectivity index (χ1) is 10.9. The monoisotopic (exact) mass is 320 g/mol. The number of likely N-dealkylation sites (tertiary alicyclic amines) is 1. The molecule has 0 radical (unpaired) electrons. The minimum Gasteiger partial charge on any atom is -0.454 e. The van der Waals surface area contributed by atoms with E-state index in [1.807, 2.05) is 39.0 Å². The van der Waals surface area contributed by atoms with Gasteiger partial charge in [-0.1, -0.05) is 0 Å². The second kappa shape index (κ2) is 6.18. The summed E-state index contributed by atoms with van der Waals surface area (Å²) in [5, 5.41) is 3.47. The Morgan fingerprint density at radius 1 is 1.30 bits per heavy atom. The summed E-state index contributed by atoms with van der Waals surface area (Å²) in [7, 11) is 0. The first-order valence-electron chi connectivity index (χ1n) is 8.05. The van der Waals surface area contributed by atoms with Crippen molar-refractivity contribution < 1.29 is 19.0 Å². The van der Waals surface area contributed by atoms with Gasteiger partial charge >= 0.3 is 6.09 Å². The Balaban J connectivity index is 1.59. The lowest BCUT2D eigenvalue weighted by Gasteiger charge is -2.34. The van der Waals surface area contributed by atoms with Gasteiger partial charge in [0, 0.05) is 30.9 Å². The summed E-state index contributed by atoms with van der Waals surface area (Å²) in [4.78, 5) is 14.0. The van der Waals surface area contributed by atoms with Crippen LogP contribution in [0.2, 0.25) is 0 Å². The van der Waals surface area contributed by atoms with Gasteiger partial charge in [-0.05, 0) is 45.7 Å². The quantitative estimate of drug-likeness (QED) is 0.906. The zero-order chi connectivity index (χ0) is 16.4. The Bertz CT molecular complexity index is 582. The molecule has 3 rings (SSSR count). The van der Waals surface area contributed by atoms with Crippen molar-refractivity contribution in [1.29, 1.82) is 0 Å². The van der Waals surface area contributed by atoms with Gasteiger partial charge in [-0.3, -0.25) is 0 Å². The molecule has 1 saturated heterocycles. The summed E-state index contributed by atoms with van der Waals surface area (Å²) in [5.41, 5.74) is 0.514. The molecule has 1 atom stereocenters. The van der Waals surface area contributed by atoms with Crippen LogP contribution in [0.4, 0.5) is 10.5 Å². The summed E-state index contributed by atoms with van der Waals surface area (Å²) in [6, 6.07) is 6.02. The Labute approximate surface area is 136 Å². The van der Waals surface area contributed by atoms with Crippen LogP contribution in [0.3, 0.4) is 0 Å². The molecule has 0 aliphatic carbocycles. The fourth-order valence-corrected chi connectivity index (χ4v) is 2.81. The van der Waals surface area contributed by atoms with Crippen LogP contribution in [-0.4, -0.2) is 42.5 Å². The van der Waals surface area contributed by atoms with Crippen molar-refractivity contribution in [3.05, 3.63) is 18.2 Å². The lowest BCUT2D eigenvalue weighted by molar-refractivity contribution is 0.0206. The Morgan fingerprint density at radius 3 is 2.87 bits per heavy atom. The molecule has 0 bridgehead atoms. The van der Waals surface area contributed by atoms with Gasteiger partial charge in [0.1, 0.15) is 5.60 Å². The van der Waals surface area contributed by atoms with Crippen LogP contribution in [0.25, 0.3) is 0 Å². The van der Waals surface area contributed by atoms with Crippen molar-refractivity contribution in [3.8, 4) is 11.5 Å². The van der Waals surface area contributed by atoms with E-state index in [2.05, 4.69) is 5.32 Å². The summed E-state index contributed by atoms with van der Waals surface area (Å²) < 4.78 is 16.2. The molecule has 126 valence electrons. The van der Waals surface area contributed by atoms with Gasteiger partial charge in [-0.2, -0.15) is 0 Å². The van der Waals surface area contributed by atoms with Crippen molar-refractivity contribution >= 4 is 11.8 Å². The molecule has 2 aliphatic rings. The van der Waals surface area contributed by atoms with Crippen molar-refractivity contribution in [2.45, 2.75) is 45.3 Å². The molecule has 6 heteroatoms. The molecule has 1 unspecified atom stereocenters. The number of hydrogen-bond donors (Lipinski definition) is 1. The molecule has 0 aromatic heterocycles. The van der Waals surface area contributed by atoms with E-state index in [0.717, 1.165) is 36.6 Å². The molecule has 2 heterocycles. The van der Waals surface area contributed by atoms with Gasteiger partial charge in [-0.15, -0.1) is 0 Å². The minimum absolute atomic E-state index is 0.205. The minimum atomic E-state index is -0.464. The molecule has 1 aromatic carbocycles. The molecular formula is C17H24N2O4. The maximum atomic E-state index is 12.2. The predicted molar refractivity (Wildman–Crippen MR) is 87.0 cm³/mol. The second-order valence-electron chi connectivity index (χ2n) is 6.98. The van der Waals surface area contributed by atoms with Gasteiger partial charge < -0.3 is 24.4 Å². The third-order valence-corrected chi connectivity index (χ3v) is 3.82. The topological polar surface area (TPSA) is 60.0 Å². The summed E-state index contributed by atoms with van der Waals surface area (Å²) in [6.45, 7) is 7.32. The van der Waals surface area contributed by atoms with Crippen molar-refractivity contribution in [2.75, 3.05) is 25.2 Å². The highest BCUT2D eigenvalue weighted by molar-refractivity contribution is 5.68. The number of nitrogens with one attached hydrogen (secondary N) is 1. The molecule has 1 fully saturated rings. The lowest BCUT2D eigenvalue weighted by atomic mass is 10.1. The molecule has 2 aliphatic heterocycles. The van der Waals surface area contributed by atoms with Crippen molar-refractivity contribution in [1.82, 2.24) is 4.90 Å². The van der Waals surface area contributed by atoms with E-state index in [4.69, 9.17) is 14.2 Å². The van der Waals surface area contributed by atoms with E-state index >= 15 is 0 Å². The van der Waals surface area contributed by atoms with E-state index in [0.29, 0.717) is 6.54 Å². The van der Waals surface area contributed by atoms with Crippen molar-refractivity contribution in [2.24, 2.45) is 0 Å². The number of piperidine rings is 1. The summed E-state index contributed by atoms with van der Waals surface area (Å²) in [6.07, 6.45) is 1.74. The van der Waals surface area contributed by atoms with Gasteiger partial charge in [-0.25, -0.2) is 4.79 Å². The van der Waals surface area contributed by atoms with E-state index in [1.54, 1.807) is 4.90 Å². The van der Waals surface area contributed by atoms with E-state index in [1.165, 1.54) is 0 Å². The highest BCUT2D eigenvalue weighted by Crippen LogP contribution is 2.34. The van der Waals surface area contributed by atoms with E-state index in [-0.39, 0.29) is 18.9 Å². The number of fused-ring (bicyclic) bond motifs is 1. The van der Waals surface area contributed by atoms with Crippen LogP contribution >= 0.6 is 0 Å². The molecular weight excluding hydrogens is 296 g/mol. The standard InChI is InChI=1S/C17H24N2O4/c1-17(2,3)23-16(20)19-8-4-5-13(10-19)18-12-6-7-14-15(9-12)22-11-21-14/h6-7,9,13,18H,4-5,8,10-11H2,1-3H3. The average molecular weight is 320 g/mol. The molecule has 0 saturated carbocycles. The van der Waals surface area contributed by atoms with Crippen LogP contribution in [0.15, 0.2) is 18.2 Å². The first kappa shape index (κ1) is 15.8. The van der Waals surface area contributed by atoms with E-state index < -0.39 is 5.60 Å². The maximum absolute atomic E-state index is 12.2. The largest absolute Gasteiger partial charge is 0.454 e. The number of anilines is 1. The number of carbonyl (C=O) groups is 1. The van der Waals surface area contributed by atoms with Crippen LogP contribution in [-0.2, 0) is 4.74 Å². The molecule has 0 spiro atoms. The number of carbonyl (C=O) groups excluding carboxylic acids is 1. The normalized spacial score (nSPS) is 20.3. The number of ether oxygens (including phenoxy) is 3. The van der Waals surface area contributed by atoms with E-state index in [9.17, 15) is 4.79 Å². The van der Waals surface area contributed by atoms with Gasteiger partial charge in [0.25, 0.3) is 0 Å². The van der Waals surface area contributed by atoms with Crippen LogP contribution in [0, 0.1) is 0 Å². The molecule has 1 amide bonds. The molecule has 1 aromatic rings. The Morgan fingerprint density at radius 2 is 2.09 bits per heavy atom. The Hall–Kier alpha value is -2.11. The maximum Gasteiger partial charge on any atom is 0.410 e. The predicted octanol–water partition coefficient (Wildman–Crippen LogP) is 3.23. The molecule has 6 nitrogen and oxygen atoms in total. The highest BCUT2D eigenvalue weighted by Gasteiger charge is 2.27. The third kappa shape index (κ3) is 4.00. The highest BCUT2D eigenvalue weighted by atomic mass is 16.7. The summed E-state index contributed by atoms with van der Waals surface area (Å²) in [5.74, 6) is 1.53. The molecule has 23 heavy (non-hydrogen) atoms. The third-order valence-electron chi connectivity index (χ3n) is 3.82. The van der Waals surface area contributed by atoms with Crippen LogP contribution in [0.1, 0.15) is 33.6 Å². The number of amides is 1. The van der Waals surface area contributed by atoms with Crippen LogP contribution in [0.5, 0.6) is 11.5 Å². The Kier molecular flexibility index (Phi) is 4.24. The number of benzene rings is 1.